The molecule has 0 fully saturated rings. The first-order valence-electron chi connectivity index (χ1n) is 9.19. The summed E-state index contributed by atoms with van der Waals surface area (Å²) in [5.41, 5.74) is 1.49. The average Bonchev–Trinajstić information content (AvgIpc) is 2.69. The van der Waals surface area contributed by atoms with Crippen molar-refractivity contribution in [2.45, 2.75) is 39.0 Å². The van der Waals surface area contributed by atoms with Crippen LogP contribution in [0.5, 0.6) is 11.6 Å². The maximum absolute atomic E-state index is 12.2. The van der Waals surface area contributed by atoms with Gasteiger partial charge in [-0.1, -0.05) is 25.1 Å². The van der Waals surface area contributed by atoms with Crippen LogP contribution in [-0.2, 0) is 6.54 Å². The molecule has 0 saturated carbocycles. The Balaban J connectivity index is 1.84. The molecule has 0 aliphatic rings. The number of amides is 2. The molecular formula is C20H24F3N3O3. The monoisotopic (exact) mass is 411 g/mol. The van der Waals surface area contributed by atoms with E-state index in [0.29, 0.717) is 12.5 Å². The number of pyridine rings is 1. The SMILES string of the molecule is CCCOc1ncccc1CNC(=O)NC(C)c1ccc(OCC(F)(F)F)cc1. The molecule has 0 radical (unpaired) electrons. The summed E-state index contributed by atoms with van der Waals surface area (Å²) < 4.78 is 46.8. The minimum Gasteiger partial charge on any atom is -0.484 e. The molecule has 0 aliphatic heterocycles. The number of carbonyl (C=O) groups is 1. The quantitative estimate of drug-likeness (QED) is 0.643. The fourth-order valence-electron chi connectivity index (χ4n) is 2.41. The molecule has 1 aromatic carbocycles. The number of hydrogen-bond donors (Lipinski definition) is 2. The first-order valence-corrected chi connectivity index (χ1v) is 9.19. The smallest absolute Gasteiger partial charge is 0.422 e. The molecule has 1 unspecified atom stereocenters. The van der Waals surface area contributed by atoms with Gasteiger partial charge in [0.15, 0.2) is 6.61 Å². The van der Waals surface area contributed by atoms with Gasteiger partial charge >= 0.3 is 12.2 Å². The van der Waals surface area contributed by atoms with E-state index in [1.165, 1.54) is 12.1 Å². The number of ether oxygens (including phenoxy) is 2. The van der Waals surface area contributed by atoms with Gasteiger partial charge in [0.2, 0.25) is 5.88 Å². The summed E-state index contributed by atoms with van der Waals surface area (Å²) in [6, 6.07) is 8.92. The third-order valence-electron chi connectivity index (χ3n) is 3.86. The molecule has 2 N–H and O–H groups in total. The summed E-state index contributed by atoms with van der Waals surface area (Å²) >= 11 is 0. The molecule has 0 bridgehead atoms. The van der Waals surface area contributed by atoms with Crippen LogP contribution in [-0.4, -0.2) is 30.4 Å². The highest BCUT2D eigenvalue weighted by atomic mass is 19.4. The van der Waals surface area contributed by atoms with E-state index in [-0.39, 0.29) is 24.4 Å². The van der Waals surface area contributed by atoms with E-state index in [4.69, 9.17) is 4.74 Å². The van der Waals surface area contributed by atoms with Crippen molar-refractivity contribution >= 4 is 6.03 Å². The second kappa shape index (κ2) is 10.5. The van der Waals surface area contributed by atoms with Crippen LogP contribution in [0, 0.1) is 0 Å². The normalized spacial score (nSPS) is 12.2. The van der Waals surface area contributed by atoms with E-state index in [1.807, 2.05) is 13.0 Å². The lowest BCUT2D eigenvalue weighted by Gasteiger charge is -2.16. The molecular weight excluding hydrogens is 387 g/mol. The maximum atomic E-state index is 12.2. The second-order valence-corrected chi connectivity index (χ2v) is 6.34. The summed E-state index contributed by atoms with van der Waals surface area (Å²) in [5.74, 6) is 0.594. The van der Waals surface area contributed by atoms with Gasteiger partial charge in [-0.05, 0) is 37.1 Å². The Morgan fingerprint density at radius 1 is 1.17 bits per heavy atom. The van der Waals surface area contributed by atoms with Gasteiger partial charge in [0.05, 0.1) is 12.6 Å². The van der Waals surface area contributed by atoms with Gasteiger partial charge in [-0.3, -0.25) is 0 Å². The Hall–Kier alpha value is -2.97. The Morgan fingerprint density at radius 3 is 2.55 bits per heavy atom. The predicted octanol–water partition coefficient (Wildman–Crippen LogP) is 4.37. The predicted molar refractivity (Wildman–Crippen MR) is 102 cm³/mol. The van der Waals surface area contributed by atoms with Gasteiger partial charge in [0, 0.05) is 18.3 Å². The van der Waals surface area contributed by atoms with Gasteiger partial charge < -0.3 is 20.1 Å². The maximum Gasteiger partial charge on any atom is 0.422 e. The van der Waals surface area contributed by atoms with E-state index in [9.17, 15) is 18.0 Å². The molecule has 158 valence electrons. The zero-order valence-electron chi connectivity index (χ0n) is 16.3. The molecule has 6 nitrogen and oxygen atoms in total. The van der Waals surface area contributed by atoms with E-state index in [0.717, 1.165) is 17.5 Å². The molecule has 0 saturated heterocycles. The first kappa shape index (κ1) is 22.3. The number of nitrogens with one attached hydrogen (secondary N) is 2. The Bertz CT molecular complexity index is 783. The highest BCUT2D eigenvalue weighted by molar-refractivity contribution is 5.74. The molecule has 1 aromatic heterocycles. The molecule has 9 heteroatoms. The highest BCUT2D eigenvalue weighted by Crippen LogP contribution is 2.21. The highest BCUT2D eigenvalue weighted by Gasteiger charge is 2.28. The molecule has 0 aliphatic carbocycles. The molecule has 1 atom stereocenters. The number of rotatable bonds is 9. The fourth-order valence-corrected chi connectivity index (χ4v) is 2.41. The van der Waals surface area contributed by atoms with Gasteiger partial charge in [-0.2, -0.15) is 13.2 Å². The summed E-state index contributed by atoms with van der Waals surface area (Å²) in [6.07, 6.45) is -1.92. The minimum absolute atomic E-state index is 0.110. The van der Waals surface area contributed by atoms with Crippen LogP contribution in [0.15, 0.2) is 42.6 Å². The summed E-state index contributed by atoms with van der Waals surface area (Å²) in [6.45, 7) is 3.20. The third-order valence-corrected chi connectivity index (χ3v) is 3.86. The van der Waals surface area contributed by atoms with E-state index < -0.39 is 12.8 Å². The summed E-state index contributed by atoms with van der Waals surface area (Å²) in [5, 5.41) is 5.52. The van der Waals surface area contributed by atoms with E-state index in [1.54, 1.807) is 31.3 Å². The Labute approximate surface area is 167 Å². The number of nitrogens with zero attached hydrogens (tertiary/aromatic N) is 1. The van der Waals surface area contributed by atoms with Crippen molar-refractivity contribution in [1.29, 1.82) is 0 Å². The zero-order chi connectivity index (χ0) is 21.3. The van der Waals surface area contributed by atoms with Crippen LogP contribution in [0.4, 0.5) is 18.0 Å². The standard InChI is InChI=1S/C20H24F3N3O3/c1-3-11-28-18-16(5-4-10-24-18)12-25-19(27)26-14(2)15-6-8-17(9-7-15)29-13-20(21,22)23/h4-10,14H,3,11-13H2,1-2H3,(H2,25,26,27). The van der Waals surface area contributed by atoms with Gasteiger partial charge in [0.1, 0.15) is 5.75 Å². The van der Waals surface area contributed by atoms with Crippen molar-refractivity contribution in [2.75, 3.05) is 13.2 Å². The van der Waals surface area contributed by atoms with E-state index in [2.05, 4.69) is 20.4 Å². The van der Waals surface area contributed by atoms with Crippen molar-refractivity contribution in [3.05, 3.63) is 53.7 Å². The topological polar surface area (TPSA) is 72.5 Å². The number of aromatic nitrogens is 1. The minimum atomic E-state index is -4.39. The summed E-state index contributed by atoms with van der Waals surface area (Å²) in [7, 11) is 0. The molecule has 0 spiro atoms. The number of halogens is 3. The molecule has 2 rings (SSSR count). The Kier molecular flexibility index (Phi) is 8.11. The number of carbonyl (C=O) groups excluding carboxylic acids is 1. The van der Waals surface area contributed by atoms with Crippen molar-refractivity contribution in [2.24, 2.45) is 0 Å². The number of urea groups is 1. The molecule has 29 heavy (non-hydrogen) atoms. The molecule has 2 amide bonds. The second-order valence-electron chi connectivity index (χ2n) is 6.34. The molecule has 1 heterocycles. The zero-order valence-corrected chi connectivity index (χ0v) is 16.3. The van der Waals surface area contributed by atoms with Crippen LogP contribution in [0.3, 0.4) is 0 Å². The Morgan fingerprint density at radius 2 is 1.90 bits per heavy atom. The molecule has 2 aromatic rings. The number of benzene rings is 1. The summed E-state index contributed by atoms with van der Waals surface area (Å²) in [4.78, 5) is 16.3. The first-order chi connectivity index (χ1) is 13.8. The van der Waals surface area contributed by atoms with Crippen molar-refractivity contribution in [3.63, 3.8) is 0 Å². The van der Waals surface area contributed by atoms with Crippen molar-refractivity contribution in [1.82, 2.24) is 15.6 Å². The number of alkyl halides is 3. The lowest BCUT2D eigenvalue weighted by atomic mass is 10.1. The lowest BCUT2D eigenvalue weighted by molar-refractivity contribution is -0.153. The van der Waals surface area contributed by atoms with Crippen LogP contribution in [0.25, 0.3) is 0 Å². The fraction of sp³-hybridized carbons (Fsp3) is 0.400. The van der Waals surface area contributed by atoms with Crippen LogP contribution < -0.4 is 20.1 Å². The van der Waals surface area contributed by atoms with Crippen LogP contribution >= 0.6 is 0 Å². The van der Waals surface area contributed by atoms with E-state index >= 15 is 0 Å². The van der Waals surface area contributed by atoms with Crippen molar-refractivity contribution < 1.29 is 27.4 Å². The lowest BCUT2D eigenvalue weighted by Crippen LogP contribution is -2.36. The van der Waals surface area contributed by atoms with Gasteiger partial charge in [-0.25, -0.2) is 9.78 Å². The largest absolute Gasteiger partial charge is 0.484 e. The van der Waals surface area contributed by atoms with Gasteiger partial charge in [-0.15, -0.1) is 0 Å². The van der Waals surface area contributed by atoms with Crippen LogP contribution in [0.1, 0.15) is 37.4 Å². The van der Waals surface area contributed by atoms with Crippen molar-refractivity contribution in [3.8, 4) is 11.6 Å². The van der Waals surface area contributed by atoms with Gasteiger partial charge in [0.25, 0.3) is 0 Å². The van der Waals surface area contributed by atoms with Crippen LogP contribution in [0.2, 0.25) is 0 Å². The average molecular weight is 411 g/mol. The third kappa shape index (κ3) is 7.89. The number of hydrogen-bond acceptors (Lipinski definition) is 4.